The van der Waals surface area contributed by atoms with Crippen molar-refractivity contribution < 1.29 is 0 Å². The maximum Gasteiger partial charge on any atom is 0.146 e. The van der Waals surface area contributed by atoms with Crippen LogP contribution in [0.15, 0.2) is 34.8 Å². The lowest BCUT2D eigenvalue weighted by Crippen LogP contribution is -2.24. The van der Waals surface area contributed by atoms with Gasteiger partial charge in [0.05, 0.1) is 11.2 Å². The zero-order valence-corrected chi connectivity index (χ0v) is 11.8. The van der Waals surface area contributed by atoms with E-state index in [2.05, 4.69) is 53.9 Å². The highest BCUT2D eigenvalue weighted by atomic mass is 79.9. The molecule has 3 nitrogen and oxygen atoms in total. The molecule has 2 rings (SSSR count). The Morgan fingerprint density at radius 2 is 1.76 bits per heavy atom. The van der Waals surface area contributed by atoms with Gasteiger partial charge in [0.1, 0.15) is 5.82 Å². The van der Waals surface area contributed by atoms with Crippen molar-refractivity contribution in [1.82, 2.24) is 9.78 Å². The van der Waals surface area contributed by atoms with E-state index < -0.39 is 0 Å². The molecule has 0 aliphatic heterocycles. The van der Waals surface area contributed by atoms with Crippen LogP contribution in [0.25, 0.3) is 11.3 Å². The largest absolute Gasteiger partial charge is 0.382 e. The molecule has 0 radical (unpaired) electrons. The molecule has 0 unspecified atom stereocenters. The molecule has 17 heavy (non-hydrogen) atoms. The van der Waals surface area contributed by atoms with Gasteiger partial charge < -0.3 is 5.73 Å². The molecule has 2 N–H and O–H groups in total. The van der Waals surface area contributed by atoms with E-state index in [-0.39, 0.29) is 5.54 Å². The third-order valence-electron chi connectivity index (χ3n) is 2.50. The number of anilines is 1. The van der Waals surface area contributed by atoms with E-state index in [1.165, 1.54) is 0 Å². The molecule has 0 amide bonds. The average Bonchev–Trinajstić information content (AvgIpc) is 2.61. The first-order chi connectivity index (χ1) is 7.88. The molecule has 1 aromatic carbocycles. The molecule has 90 valence electrons. The van der Waals surface area contributed by atoms with E-state index in [4.69, 9.17) is 5.73 Å². The van der Waals surface area contributed by atoms with Crippen LogP contribution in [0.5, 0.6) is 0 Å². The smallest absolute Gasteiger partial charge is 0.146 e. The third kappa shape index (κ3) is 2.52. The first-order valence-corrected chi connectivity index (χ1v) is 6.29. The predicted octanol–water partition coefficient (Wildman–Crippen LogP) is 3.65. The number of hydrogen-bond acceptors (Lipinski definition) is 2. The highest BCUT2D eigenvalue weighted by Crippen LogP contribution is 2.28. The van der Waals surface area contributed by atoms with Crippen molar-refractivity contribution in [3.8, 4) is 11.3 Å². The van der Waals surface area contributed by atoms with Crippen molar-refractivity contribution >= 4 is 21.7 Å². The van der Waals surface area contributed by atoms with Gasteiger partial charge in [0.25, 0.3) is 0 Å². The SMILES string of the molecule is CC(C)(C)n1nc(N)cc1-c1ccc(Br)cc1. The third-order valence-corrected chi connectivity index (χ3v) is 3.03. The van der Waals surface area contributed by atoms with Crippen molar-refractivity contribution in [3.63, 3.8) is 0 Å². The Morgan fingerprint density at radius 3 is 2.29 bits per heavy atom. The molecule has 0 aliphatic carbocycles. The molecule has 0 atom stereocenters. The summed E-state index contributed by atoms with van der Waals surface area (Å²) in [4.78, 5) is 0. The lowest BCUT2D eigenvalue weighted by atomic mass is 10.1. The summed E-state index contributed by atoms with van der Waals surface area (Å²) in [5, 5.41) is 4.36. The fourth-order valence-corrected chi connectivity index (χ4v) is 2.00. The molecule has 4 heteroatoms. The van der Waals surface area contributed by atoms with Gasteiger partial charge >= 0.3 is 0 Å². The Bertz CT molecular complexity index is 521. The quantitative estimate of drug-likeness (QED) is 0.872. The minimum Gasteiger partial charge on any atom is -0.382 e. The van der Waals surface area contributed by atoms with Crippen molar-refractivity contribution in [2.45, 2.75) is 26.3 Å². The lowest BCUT2D eigenvalue weighted by Gasteiger charge is -2.22. The van der Waals surface area contributed by atoms with Gasteiger partial charge in [-0.3, -0.25) is 4.68 Å². The molecule has 2 aromatic rings. The maximum atomic E-state index is 5.80. The van der Waals surface area contributed by atoms with Crippen LogP contribution in [0, 0.1) is 0 Å². The molecule has 1 heterocycles. The number of nitrogen functional groups attached to an aromatic ring is 1. The Morgan fingerprint density at radius 1 is 1.18 bits per heavy atom. The van der Waals surface area contributed by atoms with Crippen LogP contribution in [-0.2, 0) is 5.54 Å². The first kappa shape index (κ1) is 12.2. The minimum absolute atomic E-state index is 0.0833. The summed E-state index contributed by atoms with van der Waals surface area (Å²) >= 11 is 3.43. The van der Waals surface area contributed by atoms with Gasteiger partial charge in [-0.2, -0.15) is 5.10 Å². The molecule has 0 saturated heterocycles. The first-order valence-electron chi connectivity index (χ1n) is 5.50. The maximum absolute atomic E-state index is 5.80. The number of rotatable bonds is 1. The number of nitrogens with two attached hydrogens (primary N) is 1. The highest BCUT2D eigenvalue weighted by Gasteiger charge is 2.19. The van der Waals surface area contributed by atoms with Crippen LogP contribution < -0.4 is 5.73 Å². The molecule has 0 saturated carbocycles. The monoisotopic (exact) mass is 293 g/mol. The number of aromatic nitrogens is 2. The van der Waals surface area contributed by atoms with E-state index in [1.54, 1.807) is 0 Å². The summed E-state index contributed by atoms with van der Waals surface area (Å²) in [5.41, 5.74) is 7.88. The summed E-state index contributed by atoms with van der Waals surface area (Å²) in [5.74, 6) is 0.554. The van der Waals surface area contributed by atoms with Gasteiger partial charge in [0.15, 0.2) is 0 Å². The lowest BCUT2D eigenvalue weighted by molar-refractivity contribution is 0.361. The van der Waals surface area contributed by atoms with Gasteiger partial charge in [0, 0.05) is 10.5 Å². The molecule has 0 bridgehead atoms. The van der Waals surface area contributed by atoms with Gasteiger partial charge in [-0.05, 0) is 38.5 Å². The Hall–Kier alpha value is -1.29. The molecular weight excluding hydrogens is 278 g/mol. The second-order valence-corrected chi connectivity index (χ2v) is 5.96. The Kier molecular flexibility index (Phi) is 3.00. The summed E-state index contributed by atoms with van der Waals surface area (Å²) in [6.45, 7) is 6.34. The number of halogens is 1. The predicted molar refractivity (Wildman–Crippen MR) is 74.8 cm³/mol. The fourth-order valence-electron chi connectivity index (χ4n) is 1.74. The summed E-state index contributed by atoms with van der Waals surface area (Å²) in [6, 6.07) is 10.1. The standard InChI is InChI=1S/C13H16BrN3/c1-13(2,3)17-11(8-12(15)16-17)9-4-6-10(14)7-5-9/h4-8H,1-3H3,(H2,15,16). The summed E-state index contributed by atoms with van der Waals surface area (Å²) in [6.07, 6.45) is 0. The second-order valence-electron chi connectivity index (χ2n) is 5.04. The molecule has 1 aromatic heterocycles. The normalized spacial score (nSPS) is 11.8. The van der Waals surface area contributed by atoms with Crippen LogP contribution in [0.1, 0.15) is 20.8 Å². The summed E-state index contributed by atoms with van der Waals surface area (Å²) in [7, 11) is 0. The van der Waals surface area contributed by atoms with Gasteiger partial charge in [-0.25, -0.2) is 0 Å². The van der Waals surface area contributed by atoms with Gasteiger partial charge in [0.2, 0.25) is 0 Å². The number of nitrogens with zero attached hydrogens (tertiary/aromatic N) is 2. The molecule has 0 spiro atoms. The number of benzene rings is 1. The summed E-state index contributed by atoms with van der Waals surface area (Å²) < 4.78 is 3.03. The molecule has 0 fully saturated rings. The molecule has 0 aliphatic rings. The highest BCUT2D eigenvalue weighted by molar-refractivity contribution is 9.10. The van der Waals surface area contributed by atoms with Crippen molar-refractivity contribution in [1.29, 1.82) is 0 Å². The second kappa shape index (κ2) is 4.18. The Labute approximate surface area is 110 Å². The van der Waals surface area contributed by atoms with Gasteiger partial charge in [-0.1, -0.05) is 28.1 Å². The average molecular weight is 294 g/mol. The van der Waals surface area contributed by atoms with Crippen molar-refractivity contribution in [2.24, 2.45) is 0 Å². The van der Waals surface area contributed by atoms with E-state index >= 15 is 0 Å². The van der Waals surface area contributed by atoms with Crippen LogP contribution in [0.2, 0.25) is 0 Å². The van der Waals surface area contributed by atoms with Crippen LogP contribution in [-0.4, -0.2) is 9.78 Å². The van der Waals surface area contributed by atoms with Gasteiger partial charge in [-0.15, -0.1) is 0 Å². The van der Waals surface area contributed by atoms with Crippen LogP contribution in [0.3, 0.4) is 0 Å². The zero-order valence-electron chi connectivity index (χ0n) is 10.2. The van der Waals surface area contributed by atoms with Crippen LogP contribution >= 0.6 is 15.9 Å². The molecular formula is C13H16BrN3. The Balaban J connectivity index is 2.55. The van der Waals surface area contributed by atoms with E-state index in [1.807, 2.05) is 22.9 Å². The minimum atomic E-state index is -0.0833. The van der Waals surface area contributed by atoms with E-state index in [0.717, 1.165) is 15.7 Å². The fraction of sp³-hybridized carbons (Fsp3) is 0.308. The van der Waals surface area contributed by atoms with E-state index in [9.17, 15) is 0 Å². The topological polar surface area (TPSA) is 43.8 Å². The number of hydrogen-bond donors (Lipinski definition) is 1. The van der Waals surface area contributed by atoms with Crippen molar-refractivity contribution in [3.05, 3.63) is 34.8 Å². The van der Waals surface area contributed by atoms with Crippen molar-refractivity contribution in [2.75, 3.05) is 5.73 Å². The van der Waals surface area contributed by atoms with Crippen LogP contribution in [0.4, 0.5) is 5.82 Å². The van der Waals surface area contributed by atoms with E-state index in [0.29, 0.717) is 5.82 Å². The zero-order chi connectivity index (χ0) is 12.6.